The van der Waals surface area contributed by atoms with Crippen molar-refractivity contribution in [2.45, 2.75) is 26.3 Å². The maximum absolute atomic E-state index is 11.8. The molecule has 1 aromatic carbocycles. The van der Waals surface area contributed by atoms with E-state index < -0.39 is 12.0 Å². The van der Waals surface area contributed by atoms with Crippen LogP contribution in [0.3, 0.4) is 0 Å². The summed E-state index contributed by atoms with van der Waals surface area (Å²) in [6, 6.07) is 3.83. The van der Waals surface area contributed by atoms with Crippen LogP contribution < -0.4 is 15.4 Å². The lowest BCUT2D eigenvalue weighted by molar-refractivity contribution is 0.0697. The molecule has 0 spiro atoms. The number of carboxylic acid groups (broad SMARTS) is 1. The van der Waals surface area contributed by atoms with Crippen LogP contribution in [0.1, 0.15) is 31.1 Å². The fourth-order valence-electron chi connectivity index (χ4n) is 1.43. The number of ether oxygens (including phenoxy) is 1. The van der Waals surface area contributed by atoms with E-state index >= 15 is 0 Å². The maximum Gasteiger partial charge on any atom is 0.335 e. The normalized spacial score (nSPS) is 10.7. The lowest BCUT2D eigenvalue weighted by Crippen LogP contribution is -2.43. The minimum Gasteiger partial charge on any atom is -0.495 e. The van der Waals surface area contributed by atoms with Crippen molar-refractivity contribution < 1.29 is 19.4 Å². The Morgan fingerprint density at radius 1 is 1.26 bits per heavy atom. The molecule has 0 aromatic heterocycles. The van der Waals surface area contributed by atoms with Crippen LogP contribution in [0.2, 0.25) is 0 Å². The summed E-state index contributed by atoms with van der Waals surface area (Å²) in [5.41, 5.74) is -0.00198. The van der Waals surface area contributed by atoms with E-state index in [1.165, 1.54) is 25.3 Å². The molecule has 0 aliphatic rings. The number of aromatic carboxylic acids is 1. The molecular weight excluding hydrogens is 248 g/mol. The molecule has 1 rings (SSSR count). The monoisotopic (exact) mass is 266 g/mol. The van der Waals surface area contributed by atoms with Gasteiger partial charge < -0.3 is 20.5 Å². The first kappa shape index (κ1) is 14.8. The molecule has 0 fully saturated rings. The lowest BCUT2D eigenvalue weighted by Gasteiger charge is -2.21. The predicted molar refractivity (Wildman–Crippen MR) is 71.9 cm³/mol. The van der Waals surface area contributed by atoms with Gasteiger partial charge in [0, 0.05) is 5.54 Å². The largest absolute Gasteiger partial charge is 0.495 e. The van der Waals surface area contributed by atoms with E-state index in [4.69, 9.17) is 9.84 Å². The van der Waals surface area contributed by atoms with Gasteiger partial charge in [0.05, 0.1) is 18.4 Å². The van der Waals surface area contributed by atoms with Gasteiger partial charge in [-0.15, -0.1) is 0 Å². The van der Waals surface area contributed by atoms with Gasteiger partial charge in [-0.1, -0.05) is 0 Å². The van der Waals surface area contributed by atoms with Gasteiger partial charge in [-0.2, -0.15) is 0 Å². The zero-order valence-corrected chi connectivity index (χ0v) is 11.4. The van der Waals surface area contributed by atoms with Crippen LogP contribution in [0.4, 0.5) is 10.5 Å². The third-order valence-electron chi connectivity index (χ3n) is 2.18. The second-order valence-electron chi connectivity index (χ2n) is 5.05. The minimum atomic E-state index is -1.07. The highest BCUT2D eigenvalue weighted by Crippen LogP contribution is 2.25. The number of benzene rings is 1. The van der Waals surface area contributed by atoms with Gasteiger partial charge in [-0.3, -0.25) is 0 Å². The quantitative estimate of drug-likeness (QED) is 0.783. The molecule has 0 bridgehead atoms. The highest BCUT2D eigenvalue weighted by atomic mass is 16.5. The van der Waals surface area contributed by atoms with E-state index in [9.17, 15) is 9.59 Å². The Bertz CT molecular complexity index is 492. The zero-order chi connectivity index (χ0) is 14.6. The predicted octanol–water partition coefficient (Wildman–Crippen LogP) is 2.31. The standard InChI is InChI=1S/C13H18N2O4/c1-13(2,3)15-12(18)14-9-7-8(11(16)17)5-6-10(9)19-4/h5-7H,1-4H3,(H,16,17)(H2,14,15,18). The molecule has 104 valence electrons. The Balaban J connectivity index is 2.95. The summed E-state index contributed by atoms with van der Waals surface area (Å²) in [7, 11) is 1.45. The molecule has 0 unspecified atom stereocenters. The molecule has 2 amide bonds. The maximum atomic E-state index is 11.8. The topological polar surface area (TPSA) is 87.7 Å². The lowest BCUT2D eigenvalue weighted by atomic mass is 10.1. The van der Waals surface area contributed by atoms with Crippen molar-refractivity contribution in [1.29, 1.82) is 0 Å². The molecule has 6 heteroatoms. The number of hydrogen-bond acceptors (Lipinski definition) is 3. The molecule has 3 N–H and O–H groups in total. The summed E-state index contributed by atoms with van der Waals surface area (Å²) in [4.78, 5) is 22.7. The number of methoxy groups -OCH3 is 1. The first-order valence-corrected chi connectivity index (χ1v) is 5.73. The number of carbonyl (C=O) groups excluding carboxylic acids is 1. The van der Waals surface area contributed by atoms with Gasteiger partial charge in [-0.05, 0) is 39.0 Å². The van der Waals surface area contributed by atoms with Crippen LogP contribution in [0.25, 0.3) is 0 Å². The average Bonchev–Trinajstić information content (AvgIpc) is 2.26. The van der Waals surface area contributed by atoms with Gasteiger partial charge in [0.15, 0.2) is 0 Å². The Morgan fingerprint density at radius 3 is 2.37 bits per heavy atom. The fraction of sp³-hybridized carbons (Fsp3) is 0.385. The van der Waals surface area contributed by atoms with E-state index in [0.29, 0.717) is 11.4 Å². The highest BCUT2D eigenvalue weighted by molar-refractivity contribution is 5.95. The summed E-state index contributed by atoms with van der Waals surface area (Å²) < 4.78 is 5.08. The van der Waals surface area contributed by atoms with Gasteiger partial charge >= 0.3 is 12.0 Å². The van der Waals surface area contributed by atoms with Crippen LogP contribution in [0.5, 0.6) is 5.75 Å². The van der Waals surface area contributed by atoms with Gasteiger partial charge in [0.2, 0.25) is 0 Å². The number of carbonyl (C=O) groups is 2. The molecule has 0 heterocycles. The first-order valence-electron chi connectivity index (χ1n) is 5.73. The van der Waals surface area contributed by atoms with E-state index in [-0.39, 0.29) is 11.1 Å². The molecule has 1 aromatic rings. The Hall–Kier alpha value is -2.24. The molecule has 19 heavy (non-hydrogen) atoms. The van der Waals surface area contributed by atoms with E-state index in [1.807, 2.05) is 20.8 Å². The highest BCUT2D eigenvalue weighted by Gasteiger charge is 2.16. The van der Waals surface area contributed by atoms with Gasteiger partial charge in [-0.25, -0.2) is 9.59 Å². The molecule has 0 saturated heterocycles. The summed E-state index contributed by atoms with van der Waals surface area (Å²) >= 11 is 0. The smallest absolute Gasteiger partial charge is 0.335 e. The van der Waals surface area contributed by atoms with E-state index in [2.05, 4.69) is 10.6 Å². The van der Waals surface area contributed by atoms with Crippen LogP contribution >= 0.6 is 0 Å². The number of anilines is 1. The second-order valence-corrected chi connectivity index (χ2v) is 5.05. The summed E-state index contributed by atoms with van der Waals surface area (Å²) in [5.74, 6) is -0.670. The number of rotatable bonds is 3. The first-order chi connectivity index (χ1) is 8.73. The molecular formula is C13H18N2O4. The SMILES string of the molecule is COc1ccc(C(=O)O)cc1NC(=O)NC(C)(C)C. The van der Waals surface area contributed by atoms with Gasteiger partial charge in [0.1, 0.15) is 5.75 Å². The van der Waals surface area contributed by atoms with Crippen LogP contribution in [-0.4, -0.2) is 29.8 Å². The van der Waals surface area contributed by atoms with Crippen LogP contribution in [0.15, 0.2) is 18.2 Å². The van der Waals surface area contributed by atoms with Crippen molar-refractivity contribution in [2.75, 3.05) is 12.4 Å². The zero-order valence-electron chi connectivity index (χ0n) is 11.4. The summed E-state index contributed by atoms with van der Waals surface area (Å²) in [6.45, 7) is 5.53. The minimum absolute atomic E-state index is 0.0758. The second kappa shape index (κ2) is 5.60. The van der Waals surface area contributed by atoms with Crippen molar-refractivity contribution in [1.82, 2.24) is 5.32 Å². The number of amides is 2. The molecule has 0 saturated carbocycles. The molecule has 6 nitrogen and oxygen atoms in total. The number of hydrogen-bond donors (Lipinski definition) is 3. The van der Waals surface area contributed by atoms with Crippen molar-refractivity contribution in [3.8, 4) is 5.75 Å². The van der Waals surface area contributed by atoms with Gasteiger partial charge in [0.25, 0.3) is 0 Å². The van der Waals surface area contributed by atoms with Crippen LogP contribution in [-0.2, 0) is 0 Å². The van der Waals surface area contributed by atoms with Crippen molar-refractivity contribution in [2.24, 2.45) is 0 Å². The Kier molecular flexibility index (Phi) is 4.37. The summed E-state index contributed by atoms with van der Waals surface area (Å²) in [6.07, 6.45) is 0. The fourth-order valence-corrected chi connectivity index (χ4v) is 1.43. The summed E-state index contributed by atoms with van der Waals surface area (Å²) in [5, 5.41) is 14.2. The molecule has 0 aliphatic carbocycles. The van der Waals surface area contributed by atoms with Crippen molar-refractivity contribution in [3.05, 3.63) is 23.8 Å². The third kappa shape index (κ3) is 4.50. The number of nitrogens with one attached hydrogen (secondary N) is 2. The Labute approximate surface area is 111 Å². The number of urea groups is 1. The molecule has 0 atom stereocenters. The van der Waals surface area contributed by atoms with Crippen molar-refractivity contribution >= 4 is 17.7 Å². The van der Waals surface area contributed by atoms with E-state index in [0.717, 1.165) is 0 Å². The third-order valence-corrected chi connectivity index (χ3v) is 2.18. The van der Waals surface area contributed by atoms with Crippen molar-refractivity contribution in [3.63, 3.8) is 0 Å². The van der Waals surface area contributed by atoms with E-state index in [1.54, 1.807) is 0 Å². The number of carboxylic acids is 1. The average molecular weight is 266 g/mol. The molecule has 0 aliphatic heterocycles. The molecule has 0 radical (unpaired) electrons. The Morgan fingerprint density at radius 2 is 1.89 bits per heavy atom. The van der Waals surface area contributed by atoms with Crippen LogP contribution in [0, 0.1) is 0 Å².